The number of H-pyrrole nitrogens is 1. The molecule has 4 atom stereocenters. The average Bonchev–Trinajstić information content (AvgIpc) is 3.12. The highest BCUT2D eigenvalue weighted by Crippen LogP contribution is 2.48. The molecule has 1 aromatic rings. The molecule has 2 saturated heterocycles. The van der Waals surface area contributed by atoms with Gasteiger partial charge in [-0.05, 0) is 22.2 Å². The quantitative estimate of drug-likeness (QED) is 0.380. The normalized spacial score (nSPS) is 26.6. The number of nitrogens with one attached hydrogen (secondary N) is 2. The number of rotatable bonds is 7. The third kappa shape index (κ3) is 5.70. The highest BCUT2D eigenvalue weighted by molar-refractivity contribution is 6.84. The van der Waals surface area contributed by atoms with Gasteiger partial charge in [-0.1, -0.05) is 61.3 Å². The SMILES string of the molecule is C#CCNC(=O)O[C@@H]1[C@@H]2O[Si](C(C)C)(C(C)C)O[Si](C(C)C)(C(C)C)OC[C@H]2O[C@H]1n1ccc(=O)[nH]c1=O. The van der Waals surface area contributed by atoms with Gasteiger partial charge in [0.25, 0.3) is 5.56 Å². The van der Waals surface area contributed by atoms with Gasteiger partial charge in [0.2, 0.25) is 0 Å². The molecular weight excluding hydrogens is 526 g/mol. The third-order valence-electron chi connectivity index (χ3n) is 7.32. The number of hydrogen-bond donors (Lipinski definition) is 2. The maximum absolute atomic E-state index is 12.8. The molecule has 2 N–H and O–H groups in total. The van der Waals surface area contributed by atoms with Crippen molar-refractivity contribution in [1.82, 2.24) is 14.9 Å². The molecule has 0 aromatic carbocycles. The summed E-state index contributed by atoms with van der Waals surface area (Å²) in [6.45, 7) is 16.9. The number of amides is 1. The van der Waals surface area contributed by atoms with E-state index >= 15 is 0 Å². The van der Waals surface area contributed by atoms with E-state index in [9.17, 15) is 14.4 Å². The Bertz CT molecular complexity index is 1130. The second-order valence-electron chi connectivity index (χ2n) is 11.1. The lowest BCUT2D eigenvalue weighted by molar-refractivity contribution is -0.0608. The van der Waals surface area contributed by atoms with Crippen LogP contribution >= 0.6 is 0 Å². The van der Waals surface area contributed by atoms with Crippen molar-refractivity contribution in [3.63, 3.8) is 0 Å². The van der Waals surface area contributed by atoms with Crippen LogP contribution in [0.15, 0.2) is 21.9 Å². The van der Waals surface area contributed by atoms with Gasteiger partial charge < -0.3 is 27.8 Å². The monoisotopic (exact) mass is 567 g/mol. The van der Waals surface area contributed by atoms with E-state index in [0.29, 0.717) is 0 Å². The molecule has 11 nitrogen and oxygen atoms in total. The van der Waals surface area contributed by atoms with Crippen molar-refractivity contribution >= 4 is 23.2 Å². The standard InChI is InChI=1S/C25H41N3O8Si2/c1-10-12-26-25(31)34-22-21-19(33-23(22)28-13-11-20(29)27-24(28)30)14-32-37(15(2)3,16(4)5)36-38(35-21,17(6)7)18(8)9/h1,11,13,15-19,21-23H,12,14H2,2-9H3,(H,26,31)(H,27,29,30)/t19-,21-,22-,23-/m1/s1. The number of hydrogen-bond acceptors (Lipinski definition) is 8. The van der Waals surface area contributed by atoms with Gasteiger partial charge in [-0.2, -0.15) is 0 Å². The topological polar surface area (TPSA) is 130 Å². The van der Waals surface area contributed by atoms with Crippen LogP contribution in [0.3, 0.4) is 0 Å². The first-order chi connectivity index (χ1) is 17.8. The molecule has 0 saturated carbocycles. The van der Waals surface area contributed by atoms with E-state index in [1.54, 1.807) is 0 Å². The van der Waals surface area contributed by atoms with Crippen molar-refractivity contribution in [2.75, 3.05) is 13.2 Å². The molecule has 0 bridgehead atoms. The Hall–Kier alpha value is -2.22. The molecule has 1 amide bonds. The maximum Gasteiger partial charge on any atom is 0.408 e. The van der Waals surface area contributed by atoms with Gasteiger partial charge in [-0.25, -0.2) is 9.59 Å². The number of aromatic amines is 1. The molecule has 0 spiro atoms. The summed E-state index contributed by atoms with van der Waals surface area (Å²) in [7, 11) is -5.90. The predicted molar refractivity (Wildman–Crippen MR) is 146 cm³/mol. The molecule has 13 heteroatoms. The second-order valence-corrected chi connectivity index (χ2v) is 19.9. The van der Waals surface area contributed by atoms with Gasteiger partial charge in [-0.3, -0.25) is 14.3 Å². The smallest absolute Gasteiger partial charge is 0.408 e. The molecule has 2 fully saturated rings. The van der Waals surface area contributed by atoms with Crippen molar-refractivity contribution in [1.29, 1.82) is 0 Å². The first-order valence-corrected chi connectivity index (χ1v) is 17.1. The number of carbonyl (C=O) groups is 1. The molecule has 38 heavy (non-hydrogen) atoms. The summed E-state index contributed by atoms with van der Waals surface area (Å²) in [6, 6.07) is 1.21. The van der Waals surface area contributed by atoms with E-state index in [-0.39, 0.29) is 35.3 Å². The van der Waals surface area contributed by atoms with E-state index in [1.807, 2.05) is 0 Å². The minimum Gasteiger partial charge on any atom is -0.439 e. The van der Waals surface area contributed by atoms with Crippen LogP contribution < -0.4 is 16.6 Å². The number of nitrogens with zero attached hydrogens (tertiary/aromatic N) is 1. The van der Waals surface area contributed by atoms with Crippen molar-refractivity contribution in [2.24, 2.45) is 0 Å². The van der Waals surface area contributed by atoms with E-state index in [1.165, 1.54) is 16.8 Å². The van der Waals surface area contributed by atoms with E-state index in [0.717, 1.165) is 0 Å². The van der Waals surface area contributed by atoms with Gasteiger partial charge in [-0.15, -0.1) is 6.42 Å². The van der Waals surface area contributed by atoms with Crippen LogP contribution in [0.2, 0.25) is 22.2 Å². The third-order valence-corrected chi connectivity index (χ3v) is 17.6. The number of alkyl carbamates (subject to hydrolysis) is 1. The number of aromatic nitrogens is 2. The van der Waals surface area contributed by atoms with Crippen LogP contribution in [0.5, 0.6) is 0 Å². The molecule has 2 aliphatic heterocycles. The van der Waals surface area contributed by atoms with Gasteiger partial charge in [0.1, 0.15) is 12.2 Å². The van der Waals surface area contributed by atoms with Gasteiger partial charge in [0.05, 0.1) is 13.2 Å². The fourth-order valence-electron chi connectivity index (χ4n) is 5.39. The minimum absolute atomic E-state index is 0.0278. The van der Waals surface area contributed by atoms with E-state index in [2.05, 4.69) is 71.6 Å². The number of carbonyl (C=O) groups excluding carboxylic acids is 1. The summed E-state index contributed by atoms with van der Waals surface area (Å²) in [6.07, 6.45) is 2.24. The van der Waals surface area contributed by atoms with Crippen LogP contribution in [0.4, 0.5) is 4.79 Å². The number of terminal acetylenes is 1. The van der Waals surface area contributed by atoms with Crippen LogP contribution in [0, 0.1) is 12.3 Å². The zero-order chi connectivity index (χ0) is 28.4. The van der Waals surface area contributed by atoms with Gasteiger partial charge in [0.15, 0.2) is 12.3 Å². The fourth-order valence-corrected chi connectivity index (χ4v) is 16.6. The summed E-state index contributed by atoms with van der Waals surface area (Å²) >= 11 is 0. The summed E-state index contributed by atoms with van der Waals surface area (Å²) in [5.74, 6) is 2.33. The highest BCUT2D eigenvalue weighted by Gasteiger charge is 2.62. The summed E-state index contributed by atoms with van der Waals surface area (Å²) in [5.41, 5.74) is -0.931. The lowest BCUT2D eigenvalue weighted by Gasteiger charge is -2.51. The number of ether oxygens (including phenoxy) is 2. The fraction of sp³-hybridized carbons (Fsp3) is 0.720. The van der Waals surface area contributed by atoms with E-state index < -0.39 is 59.0 Å². The van der Waals surface area contributed by atoms with Crippen molar-refractivity contribution in [3.8, 4) is 12.3 Å². The maximum atomic E-state index is 12.8. The summed E-state index contributed by atoms with van der Waals surface area (Å²) in [5, 5.41) is 2.49. The molecule has 0 unspecified atom stereocenters. The Kier molecular flexibility index (Phi) is 9.49. The Morgan fingerprint density at radius 3 is 2.26 bits per heavy atom. The molecule has 3 heterocycles. The van der Waals surface area contributed by atoms with Crippen molar-refractivity contribution < 1.29 is 27.2 Å². The second kappa shape index (κ2) is 11.9. The van der Waals surface area contributed by atoms with Gasteiger partial charge >= 0.3 is 28.9 Å². The first-order valence-electron chi connectivity index (χ1n) is 13.2. The van der Waals surface area contributed by atoms with Crippen LogP contribution in [-0.2, 0) is 22.4 Å². The molecule has 1 aromatic heterocycles. The van der Waals surface area contributed by atoms with Gasteiger partial charge in [0, 0.05) is 12.3 Å². The van der Waals surface area contributed by atoms with Crippen LogP contribution in [0.25, 0.3) is 0 Å². The minimum atomic E-state index is -3.07. The van der Waals surface area contributed by atoms with E-state index in [4.69, 9.17) is 28.9 Å². The molecule has 0 radical (unpaired) electrons. The summed E-state index contributed by atoms with van der Waals surface area (Å²) < 4.78 is 34.3. The van der Waals surface area contributed by atoms with Crippen molar-refractivity contribution in [2.45, 2.75) is 102 Å². The Balaban J connectivity index is 2.15. The van der Waals surface area contributed by atoms with Crippen LogP contribution in [-0.4, -0.2) is 64.2 Å². The summed E-state index contributed by atoms with van der Waals surface area (Å²) in [4.78, 5) is 39.4. The first kappa shape index (κ1) is 30.3. The van der Waals surface area contributed by atoms with Crippen molar-refractivity contribution in [3.05, 3.63) is 33.1 Å². The lowest BCUT2D eigenvalue weighted by atomic mass is 10.1. The molecule has 3 rings (SSSR count). The van der Waals surface area contributed by atoms with Crippen LogP contribution in [0.1, 0.15) is 61.6 Å². The largest absolute Gasteiger partial charge is 0.439 e. The molecular formula is C25H41N3O8Si2. The average molecular weight is 568 g/mol. The molecule has 2 aliphatic rings. The molecule has 212 valence electrons. The Morgan fingerprint density at radius 1 is 1.13 bits per heavy atom. The zero-order valence-electron chi connectivity index (χ0n) is 23.5. The zero-order valence-corrected chi connectivity index (χ0v) is 25.5. The number of fused-ring (bicyclic) bond motifs is 1. The Labute approximate surface area is 226 Å². The lowest BCUT2D eigenvalue weighted by Crippen LogP contribution is -2.66. The molecule has 0 aliphatic carbocycles. The predicted octanol–water partition coefficient (Wildman–Crippen LogP) is 3.12. The Morgan fingerprint density at radius 2 is 1.74 bits per heavy atom. The highest BCUT2D eigenvalue weighted by atomic mass is 28.5.